The van der Waals surface area contributed by atoms with Crippen molar-refractivity contribution in [2.75, 3.05) is 13.2 Å². The first-order valence-electron chi connectivity index (χ1n) is 6.45. The molecular weight excluding hydrogens is 326 g/mol. The number of esters is 1. The Balaban J connectivity index is 2.84. The second-order valence-electron chi connectivity index (χ2n) is 4.37. The lowest BCUT2D eigenvalue weighted by Gasteiger charge is -2.15. The number of ether oxygens (including phenoxy) is 3. The van der Waals surface area contributed by atoms with E-state index in [1.54, 1.807) is 19.9 Å². The summed E-state index contributed by atoms with van der Waals surface area (Å²) in [5.41, 5.74) is 6.53. The Morgan fingerprint density at radius 2 is 2.05 bits per heavy atom. The summed E-state index contributed by atoms with van der Waals surface area (Å²) in [5.74, 6) is 0.613. The average molecular weight is 346 g/mol. The molecule has 1 aromatic rings. The van der Waals surface area contributed by atoms with Crippen molar-refractivity contribution in [3.05, 3.63) is 22.2 Å². The van der Waals surface area contributed by atoms with Gasteiger partial charge < -0.3 is 19.9 Å². The molecule has 0 spiro atoms. The monoisotopic (exact) mass is 345 g/mol. The molecule has 0 saturated heterocycles. The molecule has 0 bridgehead atoms. The van der Waals surface area contributed by atoms with E-state index < -0.39 is 5.97 Å². The van der Waals surface area contributed by atoms with Gasteiger partial charge in [-0.15, -0.1) is 0 Å². The Bertz CT molecular complexity index is 463. The fourth-order valence-electron chi connectivity index (χ4n) is 1.57. The molecular formula is C14H20BrNO4. The van der Waals surface area contributed by atoms with Crippen molar-refractivity contribution in [1.29, 1.82) is 0 Å². The number of rotatable bonds is 7. The quantitative estimate of drug-likeness (QED) is 0.769. The van der Waals surface area contributed by atoms with Crippen molar-refractivity contribution in [2.24, 2.45) is 5.73 Å². The zero-order chi connectivity index (χ0) is 15.1. The van der Waals surface area contributed by atoms with Crippen LogP contribution in [0.5, 0.6) is 11.5 Å². The van der Waals surface area contributed by atoms with Gasteiger partial charge in [-0.25, -0.2) is 4.79 Å². The summed E-state index contributed by atoms with van der Waals surface area (Å²) in [6, 6.07) is 3.64. The number of carbonyl (C=O) groups is 1. The second kappa shape index (κ2) is 8.11. The van der Waals surface area contributed by atoms with E-state index in [9.17, 15) is 4.79 Å². The molecule has 0 heterocycles. The Hall–Kier alpha value is -1.27. The summed E-state index contributed by atoms with van der Waals surface area (Å²) in [6.45, 7) is 6.17. The van der Waals surface area contributed by atoms with Gasteiger partial charge in [-0.3, -0.25) is 0 Å². The molecule has 112 valence electrons. The van der Waals surface area contributed by atoms with E-state index in [2.05, 4.69) is 15.9 Å². The molecule has 1 rings (SSSR count). The topological polar surface area (TPSA) is 70.8 Å². The third-order valence-corrected chi connectivity index (χ3v) is 2.90. The Labute approximate surface area is 127 Å². The third-order valence-electron chi connectivity index (χ3n) is 2.31. The first kappa shape index (κ1) is 16.8. The number of hydrogen-bond donors (Lipinski definition) is 1. The van der Waals surface area contributed by atoms with Crippen LogP contribution in [-0.4, -0.2) is 25.3 Å². The van der Waals surface area contributed by atoms with Crippen molar-refractivity contribution in [1.82, 2.24) is 0 Å². The van der Waals surface area contributed by atoms with E-state index in [1.165, 1.54) is 0 Å². The largest absolute Gasteiger partial charge is 0.490 e. The van der Waals surface area contributed by atoms with Crippen molar-refractivity contribution < 1.29 is 19.0 Å². The van der Waals surface area contributed by atoms with Crippen LogP contribution in [0.15, 0.2) is 16.6 Å². The summed E-state index contributed by atoms with van der Waals surface area (Å²) in [7, 11) is 0. The van der Waals surface area contributed by atoms with Crippen LogP contribution < -0.4 is 15.2 Å². The molecule has 0 aliphatic heterocycles. The fourth-order valence-corrected chi connectivity index (χ4v) is 2.17. The summed E-state index contributed by atoms with van der Waals surface area (Å²) < 4.78 is 16.7. The highest BCUT2D eigenvalue weighted by atomic mass is 79.9. The zero-order valence-corrected chi connectivity index (χ0v) is 13.5. The lowest BCUT2D eigenvalue weighted by atomic mass is 10.2. The van der Waals surface area contributed by atoms with Crippen molar-refractivity contribution in [3.63, 3.8) is 0 Å². The molecule has 0 aliphatic rings. The number of hydrogen-bond acceptors (Lipinski definition) is 5. The Morgan fingerprint density at radius 1 is 1.35 bits per heavy atom. The molecule has 6 heteroatoms. The van der Waals surface area contributed by atoms with Crippen LogP contribution in [0.4, 0.5) is 0 Å². The van der Waals surface area contributed by atoms with Crippen molar-refractivity contribution in [2.45, 2.75) is 33.4 Å². The van der Waals surface area contributed by atoms with Crippen LogP contribution in [0.1, 0.15) is 26.3 Å². The number of benzene rings is 1. The maximum atomic E-state index is 11.5. The highest BCUT2D eigenvalue weighted by Gasteiger charge is 2.14. The van der Waals surface area contributed by atoms with Gasteiger partial charge in [0.05, 0.1) is 17.2 Å². The second-order valence-corrected chi connectivity index (χ2v) is 5.22. The molecule has 0 radical (unpaired) electrons. The standard InChI is InChI=1S/C14H20BrNO4/c1-4-18-12-6-10(7-16)5-11(15)14(12)19-8-13(17)20-9(2)3/h5-6,9H,4,7-8,16H2,1-3H3. The van der Waals surface area contributed by atoms with Crippen molar-refractivity contribution in [3.8, 4) is 11.5 Å². The summed E-state index contributed by atoms with van der Waals surface area (Å²) in [5, 5.41) is 0. The predicted molar refractivity (Wildman–Crippen MR) is 79.9 cm³/mol. The van der Waals surface area contributed by atoms with Gasteiger partial charge in [-0.05, 0) is 54.4 Å². The van der Waals surface area contributed by atoms with Gasteiger partial charge in [-0.1, -0.05) is 0 Å². The van der Waals surface area contributed by atoms with Gasteiger partial charge in [0.15, 0.2) is 18.1 Å². The van der Waals surface area contributed by atoms with Gasteiger partial charge in [0.2, 0.25) is 0 Å². The van der Waals surface area contributed by atoms with Gasteiger partial charge in [0.1, 0.15) is 0 Å². The zero-order valence-electron chi connectivity index (χ0n) is 11.9. The van der Waals surface area contributed by atoms with Gasteiger partial charge in [0, 0.05) is 6.54 Å². The predicted octanol–water partition coefficient (Wildman–Crippen LogP) is 2.64. The van der Waals surface area contributed by atoms with Crippen LogP contribution in [0.25, 0.3) is 0 Å². The van der Waals surface area contributed by atoms with E-state index in [1.807, 2.05) is 13.0 Å². The smallest absolute Gasteiger partial charge is 0.344 e. The first-order chi connectivity index (χ1) is 9.47. The minimum atomic E-state index is -0.419. The van der Waals surface area contributed by atoms with E-state index in [0.29, 0.717) is 29.1 Å². The number of halogens is 1. The molecule has 0 aliphatic carbocycles. The van der Waals surface area contributed by atoms with Crippen LogP contribution in [0.3, 0.4) is 0 Å². The highest BCUT2D eigenvalue weighted by Crippen LogP contribution is 2.36. The fraction of sp³-hybridized carbons (Fsp3) is 0.500. The molecule has 0 saturated carbocycles. The van der Waals surface area contributed by atoms with E-state index in [4.69, 9.17) is 19.9 Å². The van der Waals surface area contributed by atoms with Gasteiger partial charge in [-0.2, -0.15) is 0 Å². The maximum absolute atomic E-state index is 11.5. The molecule has 0 amide bonds. The maximum Gasteiger partial charge on any atom is 0.344 e. The van der Waals surface area contributed by atoms with E-state index in [0.717, 1.165) is 5.56 Å². The normalized spacial score (nSPS) is 10.5. The van der Waals surface area contributed by atoms with Crippen LogP contribution in [0, 0.1) is 0 Å². The van der Waals surface area contributed by atoms with Crippen LogP contribution in [-0.2, 0) is 16.1 Å². The third kappa shape index (κ3) is 5.02. The summed E-state index contributed by atoms with van der Waals surface area (Å²) >= 11 is 3.40. The lowest BCUT2D eigenvalue weighted by Crippen LogP contribution is -2.19. The summed E-state index contributed by atoms with van der Waals surface area (Å²) in [6.07, 6.45) is -0.166. The van der Waals surface area contributed by atoms with Crippen molar-refractivity contribution >= 4 is 21.9 Å². The number of nitrogens with two attached hydrogens (primary N) is 1. The summed E-state index contributed by atoms with van der Waals surface area (Å²) in [4.78, 5) is 11.5. The molecule has 5 nitrogen and oxygen atoms in total. The number of carbonyl (C=O) groups excluding carboxylic acids is 1. The van der Waals surface area contributed by atoms with E-state index >= 15 is 0 Å². The molecule has 2 N–H and O–H groups in total. The molecule has 0 fully saturated rings. The molecule has 0 aromatic heterocycles. The minimum absolute atomic E-state index is 0.166. The molecule has 0 unspecified atom stereocenters. The molecule has 1 aromatic carbocycles. The van der Waals surface area contributed by atoms with Gasteiger partial charge in [0.25, 0.3) is 0 Å². The molecule has 20 heavy (non-hydrogen) atoms. The van der Waals surface area contributed by atoms with Crippen LogP contribution in [0.2, 0.25) is 0 Å². The van der Waals surface area contributed by atoms with E-state index in [-0.39, 0.29) is 12.7 Å². The average Bonchev–Trinajstić information content (AvgIpc) is 2.36. The first-order valence-corrected chi connectivity index (χ1v) is 7.24. The molecule has 0 atom stereocenters. The van der Waals surface area contributed by atoms with Gasteiger partial charge >= 0.3 is 5.97 Å². The Morgan fingerprint density at radius 3 is 2.60 bits per heavy atom. The highest BCUT2D eigenvalue weighted by molar-refractivity contribution is 9.10. The SMILES string of the molecule is CCOc1cc(CN)cc(Br)c1OCC(=O)OC(C)C. The Kier molecular flexibility index (Phi) is 6.81. The minimum Gasteiger partial charge on any atom is -0.490 e. The lowest BCUT2D eigenvalue weighted by molar-refractivity contribution is -0.149. The van der Waals surface area contributed by atoms with Crippen LogP contribution >= 0.6 is 15.9 Å².